The van der Waals surface area contributed by atoms with Crippen LogP contribution in [0.2, 0.25) is 0 Å². The van der Waals surface area contributed by atoms with Crippen molar-refractivity contribution in [2.75, 3.05) is 19.7 Å². The van der Waals surface area contributed by atoms with Crippen LogP contribution in [0.3, 0.4) is 0 Å². The van der Waals surface area contributed by atoms with Crippen molar-refractivity contribution >= 4 is 0 Å². The summed E-state index contributed by atoms with van der Waals surface area (Å²) < 4.78 is 5.70. The van der Waals surface area contributed by atoms with Crippen molar-refractivity contribution in [3.63, 3.8) is 0 Å². The molecule has 2 atom stereocenters. The van der Waals surface area contributed by atoms with E-state index in [4.69, 9.17) is 4.74 Å². The lowest BCUT2D eigenvalue weighted by molar-refractivity contribution is 0.214. The van der Waals surface area contributed by atoms with Crippen LogP contribution < -0.4 is 4.74 Å². The molecule has 1 aromatic carbocycles. The van der Waals surface area contributed by atoms with Crippen molar-refractivity contribution in [2.45, 2.75) is 32.4 Å². The molecule has 1 saturated heterocycles. The fourth-order valence-corrected chi connectivity index (χ4v) is 3.47. The van der Waals surface area contributed by atoms with Gasteiger partial charge in [0.25, 0.3) is 0 Å². The normalized spacial score (nSPS) is 21.3. The summed E-state index contributed by atoms with van der Waals surface area (Å²) in [5.74, 6) is 1.58. The number of aliphatic hydroxyl groups excluding tert-OH is 1. The third kappa shape index (κ3) is 4.13. The zero-order valence-electron chi connectivity index (χ0n) is 14.4. The molecule has 1 aliphatic heterocycles. The molecular weight excluding hydrogens is 300 g/mol. The molecule has 0 unspecified atom stereocenters. The monoisotopic (exact) mass is 326 g/mol. The maximum atomic E-state index is 9.74. The summed E-state index contributed by atoms with van der Waals surface area (Å²) >= 11 is 0. The van der Waals surface area contributed by atoms with Crippen LogP contribution in [-0.4, -0.2) is 40.8 Å². The van der Waals surface area contributed by atoms with Gasteiger partial charge >= 0.3 is 0 Å². The minimum Gasteiger partial charge on any atom is -0.491 e. The average Bonchev–Trinajstić information content (AvgIpc) is 3.00. The van der Waals surface area contributed by atoms with Crippen molar-refractivity contribution in [3.05, 3.63) is 59.9 Å². The first kappa shape index (κ1) is 16.9. The van der Waals surface area contributed by atoms with Crippen LogP contribution in [0, 0.1) is 5.92 Å². The topological polar surface area (TPSA) is 45.6 Å². The number of nitrogens with zero attached hydrogens (tertiary/aromatic N) is 2. The van der Waals surface area contributed by atoms with Gasteiger partial charge in [-0.3, -0.25) is 9.88 Å². The van der Waals surface area contributed by atoms with Crippen molar-refractivity contribution in [3.8, 4) is 5.75 Å². The second kappa shape index (κ2) is 7.77. The Bertz CT molecular complexity index is 628. The third-order valence-corrected chi connectivity index (χ3v) is 4.59. The molecule has 0 radical (unpaired) electrons. The molecular formula is C20H26N2O2. The van der Waals surface area contributed by atoms with Crippen LogP contribution in [0.5, 0.6) is 5.75 Å². The maximum absolute atomic E-state index is 9.74. The van der Waals surface area contributed by atoms with E-state index < -0.39 is 0 Å². The second-order valence-corrected chi connectivity index (χ2v) is 6.83. The van der Waals surface area contributed by atoms with E-state index in [9.17, 15) is 5.11 Å². The van der Waals surface area contributed by atoms with Gasteiger partial charge < -0.3 is 9.84 Å². The minimum atomic E-state index is 0.195. The summed E-state index contributed by atoms with van der Waals surface area (Å²) in [4.78, 5) is 6.52. The van der Waals surface area contributed by atoms with Crippen molar-refractivity contribution in [1.29, 1.82) is 0 Å². The highest BCUT2D eigenvalue weighted by Gasteiger charge is 2.33. The van der Waals surface area contributed by atoms with E-state index in [1.807, 2.05) is 38.4 Å². The van der Waals surface area contributed by atoms with Gasteiger partial charge in [0, 0.05) is 50.5 Å². The van der Waals surface area contributed by atoms with Crippen LogP contribution >= 0.6 is 0 Å². The summed E-state index contributed by atoms with van der Waals surface area (Å²) in [5.41, 5.74) is 2.55. The summed E-state index contributed by atoms with van der Waals surface area (Å²) in [6.45, 7) is 7.09. The van der Waals surface area contributed by atoms with E-state index in [1.54, 1.807) is 0 Å². The smallest absolute Gasteiger partial charge is 0.119 e. The van der Waals surface area contributed by atoms with Crippen LogP contribution in [-0.2, 0) is 6.54 Å². The van der Waals surface area contributed by atoms with Gasteiger partial charge in [-0.1, -0.05) is 12.1 Å². The predicted octanol–water partition coefficient (Wildman–Crippen LogP) is 3.08. The quantitative estimate of drug-likeness (QED) is 0.886. The number of aromatic nitrogens is 1. The Morgan fingerprint density at radius 2 is 1.83 bits per heavy atom. The molecule has 3 rings (SSSR count). The number of hydrogen-bond donors (Lipinski definition) is 1. The zero-order chi connectivity index (χ0) is 16.9. The van der Waals surface area contributed by atoms with E-state index in [2.05, 4.69) is 34.1 Å². The molecule has 128 valence electrons. The average molecular weight is 326 g/mol. The van der Waals surface area contributed by atoms with Crippen LogP contribution in [0.4, 0.5) is 0 Å². The Balaban J connectivity index is 1.64. The van der Waals surface area contributed by atoms with Crippen molar-refractivity contribution in [2.24, 2.45) is 5.92 Å². The van der Waals surface area contributed by atoms with Gasteiger partial charge in [0.05, 0.1) is 6.10 Å². The Morgan fingerprint density at radius 1 is 1.12 bits per heavy atom. The Kier molecular flexibility index (Phi) is 5.48. The molecule has 0 saturated carbocycles. The standard InChI is InChI=1S/C20H26N2O2/c1-15(2)24-19-5-3-16(4-6-19)11-22-12-18(14-23)20(13-22)17-7-9-21-10-8-17/h3-10,15,18,20,23H,11-14H2,1-2H3/t18-,20-/m0/s1. The lowest BCUT2D eigenvalue weighted by Gasteiger charge is -2.17. The summed E-state index contributed by atoms with van der Waals surface area (Å²) in [6, 6.07) is 12.5. The summed E-state index contributed by atoms with van der Waals surface area (Å²) in [7, 11) is 0. The number of hydrogen-bond acceptors (Lipinski definition) is 4. The maximum Gasteiger partial charge on any atom is 0.119 e. The summed E-state index contributed by atoms with van der Waals surface area (Å²) in [5, 5.41) is 9.74. The molecule has 2 heterocycles. The first-order chi connectivity index (χ1) is 11.7. The number of aliphatic hydroxyl groups is 1. The molecule has 0 bridgehead atoms. The Morgan fingerprint density at radius 3 is 2.46 bits per heavy atom. The molecule has 4 nitrogen and oxygen atoms in total. The predicted molar refractivity (Wildman–Crippen MR) is 95.0 cm³/mol. The van der Waals surface area contributed by atoms with Gasteiger partial charge in [-0.2, -0.15) is 0 Å². The first-order valence-electron chi connectivity index (χ1n) is 8.64. The van der Waals surface area contributed by atoms with Crippen molar-refractivity contribution in [1.82, 2.24) is 9.88 Å². The number of benzene rings is 1. The van der Waals surface area contributed by atoms with E-state index >= 15 is 0 Å². The Hall–Kier alpha value is -1.91. The van der Waals surface area contributed by atoms with Gasteiger partial charge in [0.15, 0.2) is 0 Å². The number of pyridine rings is 1. The minimum absolute atomic E-state index is 0.195. The van der Waals surface area contributed by atoms with E-state index in [-0.39, 0.29) is 18.6 Å². The SMILES string of the molecule is CC(C)Oc1ccc(CN2C[C@@H](CO)[C@H](c3ccncc3)C2)cc1. The van der Waals surface area contributed by atoms with Gasteiger partial charge in [-0.05, 0) is 49.2 Å². The van der Waals surface area contributed by atoms with Crippen molar-refractivity contribution < 1.29 is 9.84 Å². The highest BCUT2D eigenvalue weighted by Crippen LogP contribution is 2.33. The van der Waals surface area contributed by atoms with Gasteiger partial charge in [0.2, 0.25) is 0 Å². The Labute approximate surface area is 144 Å². The molecule has 1 aliphatic rings. The highest BCUT2D eigenvalue weighted by atomic mass is 16.5. The van der Waals surface area contributed by atoms with Gasteiger partial charge in [-0.25, -0.2) is 0 Å². The highest BCUT2D eigenvalue weighted by molar-refractivity contribution is 5.28. The van der Waals surface area contributed by atoms with E-state index in [1.165, 1.54) is 11.1 Å². The molecule has 0 amide bonds. The zero-order valence-corrected chi connectivity index (χ0v) is 14.4. The lowest BCUT2D eigenvalue weighted by atomic mass is 9.90. The fraction of sp³-hybridized carbons (Fsp3) is 0.450. The molecule has 24 heavy (non-hydrogen) atoms. The van der Waals surface area contributed by atoms with E-state index in [0.717, 1.165) is 25.4 Å². The number of ether oxygens (including phenoxy) is 1. The molecule has 4 heteroatoms. The first-order valence-corrected chi connectivity index (χ1v) is 8.64. The number of rotatable bonds is 6. The molecule has 1 fully saturated rings. The molecule has 0 spiro atoms. The molecule has 1 aromatic heterocycles. The second-order valence-electron chi connectivity index (χ2n) is 6.83. The third-order valence-electron chi connectivity index (χ3n) is 4.59. The molecule has 2 aromatic rings. The fourth-order valence-electron chi connectivity index (χ4n) is 3.47. The van der Waals surface area contributed by atoms with E-state index in [0.29, 0.717) is 5.92 Å². The largest absolute Gasteiger partial charge is 0.491 e. The van der Waals surface area contributed by atoms with Gasteiger partial charge in [-0.15, -0.1) is 0 Å². The van der Waals surface area contributed by atoms with Gasteiger partial charge in [0.1, 0.15) is 5.75 Å². The molecule has 1 N–H and O–H groups in total. The number of likely N-dealkylation sites (tertiary alicyclic amines) is 1. The van der Waals surface area contributed by atoms with Crippen LogP contribution in [0.1, 0.15) is 30.9 Å². The molecule has 0 aliphatic carbocycles. The summed E-state index contributed by atoms with van der Waals surface area (Å²) in [6.07, 6.45) is 3.86. The van der Waals surface area contributed by atoms with Crippen LogP contribution in [0.25, 0.3) is 0 Å². The van der Waals surface area contributed by atoms with Crippen LogP contribution in [0.15, 0.2) is 48.8 Å². The lowest BCUT2D eigenvalue weighted by Crippen LogP contribution is -2.20.